The lowest BCUT2D eigenvalue weighted by Crippen LogP contribution is -2.29. The number of urea groups is 1. The molecular weight excluding hydrogens is 326 g/mol. The average molecular weight is 353 g/mol. The molecule has 2 aromatic carbocycles. The summed E-state index contributed by atoms with van der Waals surface area (Å²) in [4.78, 5) is 14.3. The van der Waals surface area contributed by atoms with Gasteiger partial charge >= 0.3 is 6.03 Å². The molecule has 1 fully saturated rings. The summed E-state index contributed by atoms with van der Waals surface area (Å²) in [7, 11) is 1.76. The Hall–Kier alpha value is -2.53. The van der Waals surface area contributed by atoms with Gasteiger partial charge in [0.1, 0.15) is 0 Å². The quantitative estimate of drug-likeness (QED) is 0.747. The number of benzene rings is 2. The molecule has 1 heterocycles. The molecule has 0 saturated carbocycles. The number of anilines is 2. The number of aryl methyl sites for hydroxylation is 1. The number of hydrogen-bond donors (Lipinski definition) is 2. The van der Waals surface area contributed by atoms with Crippen molar-refractivity contribution in [2.45, 2.75) is 25.4 Å². The van der Waals surface area contributed by atoms with Crippen molar-refractivity contribution in [3.05, 3.63) is 60.2 Å². The molecule has 0 spiro atoms. The summed E-state index contributed by atoms with van der Waals surface area (Å²) in [6.07, 6.45) is 3.26. The molecule has 2 N–H and O–H groups in total. The number of carbonyl (C=O) groups excluding carboxylic acids is 1. The molecule has 1 saturated heterocycles. The van der Waals surface area contributed by atoms with Gasteiger partial charge in [-0.15, -0.1) is 0 Å². The SMILES string of the molecule is COC1CCN(c2ccc(NC(=O)NCCCc3ccccc3)cc2)C1. The van der Waals surface area contributed by atoms with Gasteiger partial charge in [-0.2, -0.15) is 0 Å². The highest BCUT2D eigenvalue weighted by Crippen LogP contribution is 2.23. The zero-order valence-corrected chi connectivity index (χ0v) is 15.3. The van der Waals surface area contributed by atoms with E-state index in [1.807, 2.05) is 42.5 Å². The number of methoxy groups -OCH3 is 1. The molecule has 3 rings (SSSR count). The second-order valence-corrected chi connectivity index (χ2v) is 6.61. The molecule has 0 aliphatic carbocycles. The second-order valence-electron chi connectivity index (χ2n) is 6.61. The Balaban J connectivity index is 1.39. The molecule has 138 valence electrons. The van der Waals surface area contributed by atoms with E-state index < -0.39 is 0 Å². The fraction of sp³-hybridized carbons (Fsp3) is 0.381. The van der Waals surface area contributed by atoms with Crippen LogP contribution in [0.4, 0.5) is 16.2 Å². The van der Waals surface area contributed by atoms with Crippen molar-refractivity contribution in [3.8, 4) is 0 Å². The number of ether oxygens (including phenoxy) is 1. The van der Waals surface area contributed by atoms with Gasteiger partial charge in [0.15, 0.2) is 0 Å². The third-order valence-corrected chi connectivity index (χ3v) is 4.74. The molecule has 0 radical (unpaired) electrons. The molecule has 1 aliphatic rings. The van der Waals surface area contributed by atoms with Crippen LogP contribution in [0.15, 0.2) is 54.6 Å². The van der Waals surface area contributed by atoms with Crippen LogP contribution in [-0.2, 0) is 11.2 Å². The van der Waals surface area contributed by atoms with Gasteiger partial charge in [0.05, 0.1) is 6.10 Å². The van der Waals surface area contributed by atoms with Crippen LogP contribution in [0.2, 0.25) is 0 Å². The maximum Gasteiger partial charge on any atom is 0.319 e. The van der Waals surface area contributed by atoms with E-state index in [1.165, 1.54) is 11.3 Å². The van der Waals surface area contributed by atoms with Crippen molar-refractivity contribution in [2.24, 2.45) is 0 Å². The molecule has 5 heteroatoms. The Kier molecular flexibility index (Phi) is 6.50. The Bertz CT molecular complexity index is 688. The van der Waals surface area contributed by atoms with Crippen molar-refractivity contribution >= 4 is 17.4 Å². The summed E-state index contributed by atoms with van der Waals surface area (Å²) in [6.45, 7) is 2.59. The van der Waals surface area contributed by atoms with Crippen molar-refractivity contribution in [3.63, 3.8) is 0 Å². The molecule has 0 bridgehead atoms. The van der Waals surface area contributed by atoms with Crippen molar-refractivity contribution in [2.75, 3.05) is 37.0 Å². The number of carbonyl (C=O) groups is 1. The molecule has 1 atom stereocenters. The molecule has 26 heavy (non-hydrogen) atoms. The van der Waals surface area contributed by atoms with Crippen LogP contribution >= 0.6 is 0 Å². The summed E-state index contributed by atoms with van der Waals surface area (Å²) in [5, 5.41) is 5.79. The summed E-state index contributed by atoms with van der Waals surface area (Å²) >= 11 is 0. The fourth-order valence-electron chi connectivity index (χ4n) is 3.23. The zero-order valence-electron chi connectivity index (χ0n) is 15.3. The van der Waals surface area contributed by atoms with Crippen LogP contribution in [-0.4, -0.2) is 38.9 Å². The van der Waals surface area contributed by atoms with E-state index in [9.17, 15) is 4.79 Å². The minimum Gasteiger partial charge on any atom is -0.380 e. The predicted molar refractivity (Wildman–Crippen MR) is 106 cm³/mol. The lowest BCUT2D eigenvalue weighted by Gasteiger charge is -2.18. The normalized spacial score (nSPS) is 16.5. The summed E-state index contributed by atoms with van der Waals surface area (Å²) < 4.78 is 5.41. The lowest BCUT2D eigenvalue weighted by molar-refractivity contribution is 0.121. The minimum atomic E-state index is -0.161. The van der Waals surface area contributed by atoms with Crippen LogP contribution in [0.3, 0.4) is 0 Å². The third-order valence-electron chi connectivity index (χ3n) is 4.74. The van der Waals surface area contributed by atoms with E-state index in [2.05, 4.69) is 27.7 Å². The Morgan fingerprint density at radius 3 is 2.62 bits per heavy atom. The molecule has 1 aliphatic heterocycles. The maximum absolute atomic E-state index is 12.0. The van der Waals surface area contributed by atoms with Gasteiger partial charge in [0.25, 0.3) is 0 Å². The number of amides is 2. The first kappa shape index (κ1) is 18.3. The van der Waals surface area contributed by atoms with Gasteiger partial charge < -0.3 is 20.3 Å². The van der Waals surface area contributed by atoms with E-state index in [4.69, 9.17) is 4.74 Å². The summed E-state index contributed by atoms with van der Waals surface area (Å²) in [6, 6.07) is 18.1. The van der Waals surface area contributed by atoms with E-state index in [1.54, 1.807) is 7.11 Å². The topological polar surface area (TPSA) is 53.6 Å². The first-order valence-electron chi connectivity index (χ1n) is 9.21. The molecule has 2 amide bonds. The average Bonchev–Trinajstić information content (AvgIpc) is 3.16. The number of nitrogens with one attached hydrogen (secondary N) is 2. The maximum atomic E-state index is 12.0. The first-order valence-corrected chi connectivity index (χ1v) is 9.21. The Morgan fingerprint density at radius 2 is 1.92 bits per heavy atom. The van der Waals surface area contributed by atoms with Gasteiger partial charge in [-0.25, -0.2) is 4.79 Å². The fourth-order valence-corrected chi connectivity index (χ4v) is 3.23. The van der Waals surface area contributed by atoms with E-state index in [-0.39, 0.29) is 6.03 Å². The smallest absolute Gasteiger partial charge is 0.319 e. The van der Waals surface area contributed by atoms with Gasteiger partial charge in [-0.05, 0) is 49.1 Å². The van der Waals surface area contributed by atoms with E-state index in [0.29, 0.717) is 12.6 Å². The Morgan fingerprint density at radius 1 is 1.15 bits per heavy atom. The van der Waals surface area contributed by atoms with E-state index in [0.717, 1.165) is 38.0 Å². The van der Waals surface area contributed by atoms with Crippen LogP contribution in [0.5, 0.6) is 0 Å². The largest absolute Gasteiger partial charge is 0.380 e. The van der Waals surface area contributed by atoms with Crippen molar-refractivity contribution < 1.29 is 9.53 Å². The standard InChI is InChI=1S/C21H27N3O2/c1-26-20-13-15-24(16-20)19-11-9-18(10-12-19)23-21(25)22-14-5-8-17-6-3-2-4-7-17/h2-4,6-7,9-12,20H,5,8,13-16H2,1H3,(H2,22,23,25). The summed E-state index contributed by atoms with van der Waals surface area (Å²) in [5.41, 5.74) is 3.26. The van der Waals surface area contributed by atoms with Crippen LogP contribution in [0, 0.1) is 0 Å². The predicted octanol–water partition coefficient (Wildman–Crippen LogP) is 3.67. The van der Waals surface area contributed by atoms with Gasteiger partial charge in [0, 0.05) is 38.1 Å². The highest BCUT2D eigenvalue weighted by molar-refractivity contribution is 5.89. The number of nitrogens with zero attached hydrogens (tertiary/aromatic N) is 1. The molecule has 2 aromatic rings. The van der Waals surface area contributed by atoms with Gasteiger partial charge in [-0.3, -0.25) is 0 Å². The van der Waals surface area contributed by atoms with Crippen LogP contribution in [0.1, 0.15) is 18.4 Å². The number of hydrogen-bond acceptors (Lipinski definition) is 3. The highest BCUT2D eigenvalue weighted by Gasteiger charge is 2.21. The van der Waals surface area contributed by atoms with Gasteiger partial charge in [0.2, 0.25) is 0 Å². The van der Waals surface area contributed by atoms with Crippen molar-refractivity contribution in [1.29, 1.82) is 0 Å². The molecule has 5 nitrogen and oxygen atoms in total. The Labute approximate surface area is 155 Å². The lowest BCUT2D eigenvalue weighted by atomic mass is 10.1. The third kappa shape index (κ3) is 5.23. The van der Waals surface area contributed by atoms with E-state index >= 15 is 0 Å². The number of rotatable bonds is 7. The van der Waals surface area contributed by atoms with Crippen LogP contribution < -0.4 is 15.5 Å². The second kappa shape index (κ2) is 9.25. The molecule has 1 unspecified atom stereocenters. The van der Waals surface area contributed by atoms with Gasteiger partial charge in [-0.1, -0.05) is 30.3 Å². The first-order chi connectivity index (χ1) is 12.7. The van der Waals surface area contributed by atoms with Crippen LogP contribution in [0.25, 0.3) is 0 Å². The molecule has 0 aromatic heterocycles. The monoisotopic (exact) mass is 353 g/mol. The zero-order chi connectivity index (χ0) is 18.2. The summed E-state index contributed by atoms with van der Waals surface area (Å²) in [5.74, 6) is 0. The molecular formula is C21H27N3O2. The van der Waals surface area contributed by atoms with Crippen molar-refractivity contribution in [1.82, 2.24) is 5.32 Å². The highest BCUT2D eigenvalue weighted by atomic mass is 16.5. The minimum absolute atomic E-state index is 0.161.